The SMILES string of the molecule is Cc1c(-c2ccc(NC=O)c3[nH]c(-c4cccnc4)cc23)cccc1-n1cnc2ccccc2c1=O. The van der Waals surface area contributed by atoms with Gasteiger partial charge < -0.3 is 10.3 Å². The predicted octanol–water partition coefficient (Wildman–Crippen LogP) is 5.47. The van der Waals surface area contributed by atoms with Crippen LogP contribution in [0.25, 0.3) is 49.9 Å². The molecule has 0 saturated heterocycles. The van der Waals surface area contributed by atoms with Gasteiger partial charge in [0.1, 0.15) is 6.33 Å². The molecule has 0 aliphatic heterocycles. The highest BCUT2D eigenvalue weighted by atomic mass is 16.1. The monoisotopic (exact) mass is 471 g/mol. The molecule has 3 aromatic heterocycles. The molecular weight excluding hydrogens is 450 g/mol. The number of H-pyrrole nitrogens is 1. The van der Waals surface area contributed by atoms with Crippen molar-refractivity contribution >= 4 is 33.9 Å². The van der Waals surface area contributed by atoms with Gasteiger partial charge in [-0.05, 0) is 66.1 Å². The molecule has 1 amide bonds. The van der Waals surface area contributed by atoms with E-state index >= 15 is 0 Å². The Bertz CT molecular complexity index is 1820. The molecule has 0 radical (unpaired) electrons. The molecule has 0 aliphatic carbocycles. The summed E-state index contributed by atoms with van der Waals surface area (Å²) in [7, 11) is 0. The molecule has 0 spiro atoms. The zero-order valence-electron chi connectivity index (χ0n) is 19.4. The maximum Gasteiger partial charge on any atom is 0.265 e. The molecule has 3 heterocycles. The van der Waals surface area contributed by atoms with E-state index in [0.717, 1.165) is 44.5 Å². The van der Waals surface area contributed by atoms with E-state index in [9.17, 15) is 9.59 Å². The molecule has 7 heteroatoms. The fourth-order valence-corrected chi connectivity index (χ4v) is 4.73. The lowest BCUT2D eigenvalue weighted by atomic mass is 9.95. The molecule has 0 atom stereocenters. The number of pyridine rings is 1. The van der Waals surface area contributed by atoms with Crippen molar-refractivity contribution in [3.63, 3.8) is 0 Å². The van der Waals surface area contributed by atoms with Gasteiger partial charge >= 0.3 is 0 Å². The van der Waals surface area contributed by atoms with E-state index in [1.54, 1.807) is 29.4 Å². The van der Waals surface area contributed by atoms with Crippen LogP contribution in [0.3, 0.4) is 0 Å². The summed E-state index contributed by atoms with van der Waals surface area (Å²) in [6, 6.07) is 23.0. The van der Waals surface area contributed by atoms with Crippen LogP contribution in [0.2, 0.25) is 0 Å². The number of aromatic nitrogens is 4. The Hall–Kier alpha value is -5.04. The topological polar surface area (TPSA) is 92.7 Å². The van der Waals surface area contributed by atoms with Gasteiger partial charge in [-0.25, -0.2) is 4.98 Å². The third-order valence-corrected chi connectivity index (χ3v) is 6.50. The van der Waals surface area contributed by atoms with Gasteiger partial charge in [0.25, 0.3) is 5.56 Å². The fraction of sp³-hybridized carbons (Fsp3) is 0.0345. The minimum Gasteiger partial charge on any atom is -0.353 e. The van der Waals surface area contributed by atoms with Crippen LogP contribution in [0.15, 0.2) is 96.3 Å². The fourth-order valence-electron chi connectivity index (χ4n) is 4.73. The van der Waals surface area contributed by atoms with Gasteiger partial charge in [0.2, 0.25) is 6.41 Å². The van der Waals surface area contributed by atoms with Gasteiger partial charge in [-0.15, -0.1) is 0 Å². The summed E-state index contributed by atoms with van der Waals surface area (Å²) in [5.41, 5.74) is 7.55. The summed E-state index contributed by atoms with van der Waals surface area (Å²) in [4.78, 5) is 36.7. The second kappa shape index (κ2) is 8.63. The van der Waals surface area contributed by atoms with Crippen molar-refractivity contribution in [2.75, 3.05) is 5.32 Å². The molecule has 0 fully saturated rings. The number of amides is 1. The summed E-state index contributed by atoms with van der Waals surface area (Å²) in [6.07, 6.45) is 5.78. The van der Waals surface area contributed by atoms with E-state index in [2.05, 4.69) is 26.3 Å². The smallest absolute Gasteiger partial charge is 0.265 e. The van der Waals surface area contributed by atoms with E-state index in [0.29, 0.717) is 23.0 Å². The molecule has 2 N–H and O–H groups in total. The third-order valence-electron chi connectivity index (χ3n) is 6.50. The molecule has 6 aromatic rings. The van der Waals surface area contributed by atoms with Crippen LogP contribution < -0.4 is 10.9 Å². The normalized spacial score (nSPS) is 11.1. The molecule has 0 saturated carbocycles. The van der Waals surface area contributed by atoms with Crippen molar-refractivity contribution in [1.82, 2.24) is 19.5 Å². The zero-order chi connectivity index (χ0) is 24.6. The number of benzene rings is 3. The molecule has 36 heavy (non-hydrogen) atoms. The number of nitrogens with one attached hydrogen (secondary N) is 2. The molecular formula is C29H21N5O2. The molecule has 174 valence electrons. The van der Waals surface area contributed by atoms with Crippen molar-refractivity contribution in [2.24, 2.45) is 0 Å². The van der Waals surface area contributed by atoms with Gasteiger partial charge in [0.15, 0.2) is 0 Å². The minimum atomic E-state index is -0.114. The lowest BCUT2D eigenvalue weighted by molar-refractivity contribution is -0.105. The average Bonchev–Trinajstić information content (AvgIpc) is 3.37. The van der Waals surface area contributed by atoms with Crippen LogP contribution in [0, 0.1) is 6.92 Å². The van der Waals surface area contributed by atoms with E-state index in [1.165, 1.54) is 0 Å². The summed E-state index contributed by atoms with van der Waals surface area (Å²) >= 11 is 0. The quantitative estimate of drug-likeness (QED) is 0.326. The molecule has 0 unspecified atom stereocenters. The maximum atomic E-state index is 13.3. The van der Waals surface area contributed by atoms with Crippen molar-refractivity contribution in [3.05, 3.63) is 107 Å². The van der Waals surface area contributed by atoms with Crippen LogP contribution in [-0.4, -0.2) is 25.9 Å². The average molecular weight is 472 g/mol. The van der Waals surface area contributed by atoms with Crippen molar-refractivity contribution in [2.45, 2.75) is 6.92 Å². The number of nitrogens with zero attached hydrogens (tertiary/aromatic N) is 3. The predicted molar refractivity (Wildman–Crippen MR) is 142 cm³/mol. The van der Waals surface area contributed by atoms with Crippen LogP contribution in [0.5, 0.6) is 0 Å². The second-order valence-electron chi connectivity index (χ2n) is 8.52. The second-order valence-corrected chi connectivity index (χ2v) is 8.52. The van der Waals surface area contributed by atoms with Crippen molar-refractivity contribution < 1.29 is 4.79 Å². The minimum absolute atomic E-state index is 0.114. The number of para-hydroxylation sites is 1. The number of fused-ring (bicyclic) bond motifs is 2. The largest absolute Gasteiger partial charge is 0.353 e. The summed E-state index contributed by atoms with van der Waals surface area (Å²) in [5, 5.41) is 4.31. The van der Waals surface area contributed by atoms with E-state index in [1.807, 2.05) is 67.6 Å². The lowest BCUT2D eigenvalue weighted by Gasteiger charge is -2.15. The highest BCUT2D eigenvalue weighted by Gasteiger charge is 2.16. The Morgan fingerprint density at radius 3 is 2.67 bits per heavy atom. The van der Waals surface area contributed by atoms with Gasteiger partial charge in [0.05, 0.1) is 27.8 Å². The highest BCUT2D eigenvalue weighted by molar-refractivity contribution is 6.06. The number of hydrogen-bond acceptors (Lipinski definition) is 4. The Balaban J connectivity index is 1.57. The molecule has 7 nitrogen and oxygen atoms in total. The van der Waals surface area contributed by atoms with Crippen molar-refractivity contribution in [1.29, 1.82) is 0 Å². The first kappa shape index (κ1) is 21.5. The van der Waals surface area contributed by atoms with Gasteiger partial charge in [-0.2, -0.15) is 0 Å². The Morgan fingerprint density at radius 2 is 1.83 bits per heavy atom. The Kier molecular flexibility index (Phi) is 5.15. The number of carbonyl (C=O) groups is 1. The van der Waals surface area contributed by atoms with E-state index in [-0.39, 0.29) is 5.56 Å². The first-order chi connectivity index (χ1) is 17.7. The van der Waals surface area contributed by atoms with Gasteiger partial charge in [-0.1, -0.05) is 30.3 Å². The Labute approximate surface area is 206 Å². The molecule has 3 aromatic carbocycles. The van der Waals surface area contributed by atoms with Crippen LogP contribution in [0.4, 0.5) is 5.69 Å². The summed E-state index contributed by atoms with van der Waals surface area (Å²) in [5.74, 6) is 0. The summed E-state index contributed by atoms with van der Waals surface area (Å²) in [6.45, 7) is 2.00. The maximum absolute atomic E-state index is 13.3. The van der Waals surface area contributed by atoms with Crippen LogP contribution in [0.1, 0.15) is 5.56 Å². The standard InChI is InChI=1S/C29H21N5O2/c1-18-20(8-4-10-27(18)34-16-31-24-9-3-2-7-22(24)29(34)36)21-11-12-25(32-17-35)28-23(21)14-26(33-28)19-6-5-13-30-15-19/h2-17,33H,1H3,(H,32,35). The zero-order valence-corrected chi connectivity index (χ0v) is 19.4. The van der Waals surface area contributed by atoms with E-state index < -0.39 is 0 Å². The van der Waals surface area contributed by atoms with Crippen LogP contribution >= 0.6 is 0 Å². The van der Waals surface area contributed by atoms with Crippen LogP contribution in [-0.2, 0) is 4.79 Å². The molecule has 0 bridgehead atoms. The number of aromatic amines is 1. The van der Waals surface area contributed by atoms with Crippen molar-refractivity contribution in [3.8, 4) is 28.1 Å². The Morgan fingerprint density at radius 1 is 0.944 bits per heavy atom. The summed E-state index contributed by atoms with van der Waals surface area (Å²) < 4.78 is 1.60. The van der Waals surface area contributed by atoms with Gasteiger partial charge in [-0.3, -0.25) is 19.1 Å². The number of rotatable bonds is 5. The van der Waals surface area contributed by atoms with E-state index in [4.69, 9.17) is 0 Å². The third kappa shape index (κ3) is 3.45. The number of carbonyl (C=O) groups excluding carboxylic acids is 1. The molecule has 0 aliphatic rings. The first-order valence-electron chi connectivity index (χ1n) is 11.5. The highest BCUT2D eigenvalue weighted by Crippen LogP contribution is 2.38. The van der Waals surface area contributed by atoms with Gasteiger partial charge in [0, 0.05) is 29.0 Å². The lowest BCUT2D eigenvalue weighted by Crippen LogP contribution is -2.19. The number of anilines is 1. The number of hydrogen-bond donors (Lipinski definition) is 2. The first-order valence-corrected chi connectivity index (χ1v) is 11.5. The molecule has 6 rings (SSSR count).